The van der Waals surface area contributed by atoms with Gasteiger partial charge in [-0.3, -0.25) is 14.6 Å². The third-order valence-corrected chi connectivity index (χ3v) is 3.52. The number of nitrogens with zero attached hydrogens (tertiary/aromatic N) is 2. The zero-order chi connectivity index (χ0) is 15.4. The minimum absolute atomic E-state index is 0.0944. The van der Waals surface area contributed by atoms with Crippen molar-refractivity contribution in [1.82, 2.24) is 9.88 Å². The molecule has 112 valence electrons. The van der Waals surface area contributed by atoms with Crippen molar-refractivity contribution in [3.8, 4) is 0 Å². The van der Waals surface area contributed by atoms with Gasteiger partial charge in [-0.15, -0.1) is 0 Å². The molecule has 1 aromatic rings. The molecule has 0 spiro atoms. The zero-order valence-corrected chi connectivity index (χ0v) is 12.3. The summed E-state index contributed by atoms with van der Waals surface area (Å²) in [6.07, 6.45) is 3.12. The van der Waals surface area contributed by atoms with Gasteiger partial charge in [-0.1, -0.05) is 6.58 Å². The van der Waals surface area contributed by atoms with Crippen molar-refractivity contribution >= 4 is 17.5 Å². The van der Waals surface area contributed by atoms with Crippen LogP contribution in [-0.2, 0) is 27.3 Å². The van der Waals surface area contributed by atoms with Gasteiger partial charge in [0.2, 0.25) is 5.91 Å². The van der Waals surface area contributed by atoms with Crippen LogP contribution in [-0.4, -0.2) is 41.5 Å². The van der Waals surface area contributed by atoms with Crippen LogP contribution in [0.2, 0.25) is 0 Å². The summed E-state index contributed by atoms with van der Waals surface area (Å²) < 4.78 is 4.96. The van der Waals surface area contributed by atoms with Crippen LogP contribution >= 0.6 is 0 Å². The number of hydrogen-bond donors (Lipinski definition) is 1. The third-order valence-electron chi connectivity index (χ3n) is 3.52. The van der Waals surface area contributed by atoms with Gasteiger partial charge in [0.05, 0.1) is 11.9 Å². The zero-order valence-electron chi connectivity index (χ0n) is 12.3. The van der Waals surface area contributed by atoms with Gasteiger partial charge < -0.3 is 15.0 Å². The molecule has 0 radical (unpaired) electrons. The smallest absolute Gasteiger partial charge is 0.253 e. The Labute approximate surface area is 123 Å². The molecule has 0 fully saturated rings. The molecule has 0 unspecified atom stereocenters. The largest absolute Gasteiger partial charge is 0.372 e. The Morgan fingerprint density at radius 2 is 2.33 bits per heavy atom. The fourth-order valence-corrected chi connectivity index (χ4v) is 2.16. The molecule has 2 rings (SSSR count). The minimum atomic E-state index is -0.528. The molecule has 2 heterocycles. The van der Waals surface area contributed by atoms with E-state index in [4.69, 9.17) is 4.74 Å². The number of amides is 2. The minimum Gasteiger partial charge on any atom is -0.372 e. The quantitative estimate of drug-likeness (QED) is 0.843. The summed E-state index contributed by atoms with van der Waals surface area (Å²) >= 11 is 0. The first kappa shape index (κ1) is 15.2. The summed E-state index contributed by atoms with van der Waals surface area (Å²) in [4.78, 5) is 29.5. The summed E-state index contributed by atoms with van der Waals surface area (Å²) in [5.74, 6) is -0.322. The average Bonchev–Trinajstić information content (AvgIpc) is 2.52. The Morgan fingerprint density at radius 3 is 3.00 bits per heavy atom. The number of pyridine rings is 1. The van der Waals surface area contributed by atoms with E-state index in [0.717, 1.165) is 11.3 Å². The van der Waals surface area contributed by atoms with E-state index >= 15 is 0 Å². The van der Waals surface area contributed by atoms with Crippen LogP contribution in [0.15, 0.2) is 24.9 Å². The highest BCUT2D eigenvalue weighted by atomic mass is 16.5. The topological polar surface area (TPSA) is 71.5 Å². The first-order valence-corrected chi connectivity index (χ1v) is 6.78. The molecule has 0 saturated carbocycles. The Balaban J connectivity index is 2.13. The SMILES string of the molecule is C=CC(=O)N1CCc2ncc(NC(=O)[C@@H](C)OC)cc2C1. The lowest BCUT2D eigenvalue weighted by molar-refractivity contribution is -0.127. The van der Waals surface area contributed by atoms with Crippen LogP contribution in [0.1, 0.15) is 18.2 Å². The maximum atomic E-state index is 11.8. The van der Waals surface area contributed by atoms with Crippen molar-refractivity contribution in [2.75, 3.05) is 19.0 Å². The standard InChI is InChI=1S/C15H19N3O3/c1-4-14(19)18-6-5-13-11(9-18)7-12(8-16-13)17-15(20)10(2)21-3/h4,7-8,10H,1,5-6,9H2,2-3H3,(H,17,20)/t10-/m1/s1. The fraction of sp³-hybridized carbons (Fsp3) is 0.400. The molecular formula is C15H19N3O3. The van der Waals surface area contributed by atoms with Crippen molar-refractivity contribution in [3.63, 3.8) is 0 Å². The van der Waals surface area contributed by atoms with Crippen molar-refractivity contribution in [2.45, 2.75) is 26.0 Å². The molecule has 1 N–H and O–H groups in total. The van der Waals surface area contributed by atoms with Crippen LogP contribution in [0.4, 0.5) is 5.69 Å². The molecular weight excluding hydrogens is 270 g/mol. The molecule has 1 aliphatic rings. The van der Waals surface area contributed by atoms with Crippen LogP contribution in [0.3, 0.4) is 0 Å². The predicted octanol–water partition coefficient (Wildman–Crippen LogP) is 1.13. The number of fused-ring (bicyclic) bond motifs is 1. The summed E-state index contributed by atoms with van der Waals surface area (Å²) in [6, 6.07) is 1.85. The van der Waals surface area contributed by atoms with E-state index in [1.54, 1.807) is 18.0 Å². The molecule has 1 atom stereocenters. The number of nitrogens with one attached hydrogen (secondary N) is 1. The monoisotopic (exact) mass is 289 g/mol. The Hall–Kier alpha value is -2.21. The molecule has 1 aromatic heterocycles. The highest BCUT2D eigenvalue weighted by molar-refractivity contribution is 5.93. The molecule has 0 bridgehead atoms. The highest BCUT2D eigenvalue weighted by Gasteiger charge is 2.21. The second kappa shape index (κ2) is 6.49. The number of carbonyl (C=O) groups excluding carboxylic acids is 2. The molecule has 1 aliphatic heterocycles. The van der Waals surface area contributed by atoms with E-state index in [1.165, 1.54) is 13.2 Å². The highest BCUT2D eigenvalue weighted by Crippen LogP contribution is 2.20. The molecule has 0 aromatic carbocycles. The predicted molar refractivity (Wildman–Crippen MR) is 78.7 cm³/mol. The molecule has 0 aliphatic carbocycles. The van der Waals surface area contributed by atoms with Crippen molar-refractivity contribution in [2.24, 2.45) is 0 Å². The summed E-state index contributed by atoms with van der Waals surface area (Å²) in [7, 11) is 1.48. The number of carbonyl (C=O) groups is 2. The Bertz CT molecular complexity index is 571. The van der Waals surface area contributed by atoms with Crippen molar-refractivity contribution in [3.05, 3.63) is 36.2 Å². The molecule has 2 amide bonds. The lowest BCUT2D eigenvalue weighted by atomic mass is 10.1. The maximum absolute atomic E-state index is 11.8. The van der Waals surface area contributed by atoms with E-state index in [0.29, 0.717) is 25.2 Å². The van der Waals surface area contributed by atoms with Crippen molar-refractivity contribution in [1.29, 1.82) is 0 Å². The van der Waals surface area contributed by atoms with Gasteiger partial charge >= 0.3 is 0 Å². The van der Waals surface area contributed by atoms with Gasteiger partial charge in [-0.2, -0.15) is 0 Å². The summed E-state index contributed by atoms with van der Waals surface area (Å²) in [5, 5.41) is 2.75. The second-order valence-corrected chi connectivity index (χ2v) is 4.91. The number of rotatable bonds is 4. The molecule has 6 nitrogen and oxygen atoms in total. The molecule has 6 heteroatoms. The molecule has 21 heavy (non-hydrogen) atoms. The van der Waals surface area contributed by atoms with Crippen LogP contribution in [0, 0.1) is 0 Å². The number of methoxy groups -OCH3 is 1. The van der Waals surface area contributed by atoms with Gasteiger partial charge in [0, 0.05) is 32.3 Å². The van der Waals surface area contributed by atoms with E-state index in [-0.39, 0.29) is 11.8 Å². The van der Waals surface area contributed by atoms with Gasteiger partial charge in [0.1, 0.15) is 6.10 Å². The van der Waals surface area contributed by atoms with E-state index in [1.807, 2.05) is 6.07 Å². The van der Waals surface area contributed by atoms with E-state index in [2.05, 4.69) is 16.9 Å². The first-order chi connectivity index (χ1) is 10.0. The lowest BCUT2D eigenvalue weighted by Gasteiger charge is -2.27. The number of anilines is 1. The van der Waals surface area contributed by atoms with Gasteiger partial charge in [0.15, 0.2) is 0 Å². The summed E-state index contributed by atoms with van der Waals surface area (Å²) in [5.41, 5.74) is 2.51. The molecule has 0 saturated heterocycles. The van der Waals surface area contributed by atoms with Crippen LogP contribution in [0.5, 0.6) is 0 Å². The van der Waals surface area contributed by atoms with Crippen LogP contribution in [0.25, 0.3) is 0 Å². The van der Waals surface area contributed by atoms with Gasteiger partial charge in [0.25, 0.3) is 5.91 Å². The van der Waals surface area contributed by atoms with Gasteiger partial charge in [-0.25, -0.2) is 0 Å². The number of ether oxygens (including phenoxy) is 1. The van der Waals surface area contributed by atoms with E-state index in [9.17, 15) is 9.59 Å². The average molecular weight is 289 g/mol. The van der Waals surface area contributed by atoms with Crippen LogP contribution < -0.4 is 5.32 Å². The number of hydrogen-bond acceptors (Lipinski definition) is 4. The number of aromatic nitrogens is 1. The first-order valence-electron chi connectivity index (χ1n) is 6.78. The lowest BCUT2D eigenvalue weighted by Crippen LogP contribution is -2.35. The Morgan fingerprint density at radius 1 is 1.57 bits per heavy atom. The second-order valence-electron chi connectivity index (χ2n) is 4.91. The third kappa shape index (κ3) is 3.46. The van der Waals surface area contributed by atoms with E-state index < -0.39 is 6.10 Å². The van der Waals surface area contributed by atoms with Crippen molar-refractivity contribution < 1.29 is 14.3 Å². The fourth-order valence-electron chi connectivity index (χ4n) is 2.16. The van der Waals surface area contributed by atoms with Gasteiger partial charge in [-0.05, 0) is 24.6 Å². The summed E-state index contributed by atoms with van der Waals surface area (Å²) in [6.45, 7) is 6.29. The normalized spacial score (nSPS) is 15.0. The Kier molecular flexibility index (Phi) is 4.70. The maximum Gasteiger partial charge on any atom is 0.253 e.